The second-order valence-electron chi connectivity index (χ2n) is 8.35. The summed E-state index contributed by atoms with van der Waals surface area (Å²) in [6.45, 7) is 7.36. The van der Waals surface area contributed by atoms with Crippen molar-refractivity contribution in [1.29, 1.82) is 0 Å². The van der Waals surface area contributed by atoms with E-state index in [0.717, 1.165) is 6.42 Å². The van der Waals surface area contributed by atoms with Crippen LogP contribution in [0.15, 0.2) is 41.8 Å². The Balaban J connectivity index is 1.87. The SMILES string of the molecule is CCCC(=O)N1CCC(Cc2ccccc2-c2cccs2)(C(=O)NC(C)C)CC1. The monoisotopic (exact) mass is 412 g/mol. The van der Waals surface area contributed by atoms with E-state index in [4.69, 9.17) is 0 Å². The number of nitrogens with one attached hydrogen (secondary N) is 1. The van der Waals surface area contributed by atoms with Crippen LogP contribution < -0.4 is 5.32 Å². The molecule has 0 atom stereocenters. The maximum atomic E-state index is 13.3. The number of rotatable bonds is 7. The van der Waals surface area contributed by atoms with Gasteiger partial charge in [-0.05, 0) is 62.1 Å². The topological polar surface area (TPSA) is 49.4 Å². The first-order valence-electron chi connectivity index (χ1n) is 10.7. The van der Waals surface area contributed by atoms with Crippen LogP contribution in [0.2, 0.25) is 0 Å². The lowest BCUT2D eigenvalue weighted by atomic mass is 9.72. The molecule has 1 saturated heterocycles. The van der Waals surface area contributed by atoms with E-state index in [0.29, 0.717) is 38.8 Å². The number of carbonyl (C=O) groups excluding carboxylic acids is 2. The van der Waals surface area contributed by atoms with E-state index in [-0.39, 0.29) is 17.9 Å². The lowest BCUT2D eigenvalue weighted by Gasteiger charge is -2.41. The highest BCUT2D eigenvalue weighted by molar-refractivity contribution is 7.13. The molecule has 2 amide bonds. The van der Waals surface area contributed by atoms with Gasteiger partial charge in [0.15, 0.2) is 0 Å². The van der Waals surface area contributed by atoms with E-state index >= 15 is 0 Å². The van der Waals surface area contributed by atoms with Gasteiger partial charge in [-0.25, -0.2) is 0 Å². The molecule has 0 bridgehead atoms. The molecule has 2 heterocycles. The number of carbonyl (C=O) groups is 2. The number of amides is 2. The largest absolute Gasteiger partial charge is 0.353 e. The van der Waals surface area contributed by atoms with Crippen molar-refractivity contribution in [3.8, 4) is 10.4 Å². The van der Waals surface area contributed by atoms with Crippen LogP contribution >= 0.6 is 11.3 Å². The van der Waals surface area contributed by atoms with Crippen molar-refractivity contribution >= 4 is 23.2 Å². The van der Waals surface area contributed by atoms with E-state index in [1.54, 1.807) is 11.3 Å². The minimum Gasteiger partial charge on any atom is -0.353 e. The Hall–Kier alpha value is -2.14. The zero-order valence-electron chi connectivity index (χ0n) is 17.7. The van der Waals surface area contributed by atoms with Crippen LogP contribution in [0.4, 0.5) is 0 Å². The Morgan fingerprint density at radius 1 is 1.14 bits per heavy atom. The molecule has 1 aromatic carbocycles. The summed E-state index contributed by atoms with van der Waals surface area (Å²) in [7, 11) is 0. The third kappa shape index (κ3) is 5.08. The second-order valence-corrected chi connectivity index (χ2v) is 9.30. The molecule has 29 heavy (non-hydrogen) atoms. The van der Waals surface area contributed by atoms with Crippen molar-refractivity contribution in [2.45, 2.75) is 58.9 Å². The summed E-state index contributed by atoms with van der Waals surface area (Å²) in [5.41, 5.74) is 1.95. The Morgan fingerprint density at radius 3 is 2.48 bits per heavy atom. The van der Waals surface area contributed by atoms with E-state index in [9.17, 15) is 9.59 Å². The van der Waals surface area contributed by atoms with Crippen LogP contribution in [0.25, 0.3) is 10.4 Å². The molecule has 0 spiro atoms. The lowest BCUT2D eigenvalue weighted by molar-refractivity contribution is -0.141. The van der Waals surface area contributed by atoms with Gasteiger partial charge in [-0.15, -0.1) is 11.3 Å². The Bertz CT molecular complexity index is 821. The zero-order chi connectivity index (χ0) is 20.9. The maximum absolute atomic E-state index is 13.3. The van der Waals surface area contributed by atoms with E-state index in [2.05, 4.69) is 47.1 Å². The van der Waals surface area contributed by atoms with Gasteiger partial charge in [-0.2, -0.15) is 0 Å². The molecule has 1 aliphatic rings. The third-order valence-electron chi connectivity index (χ3n) is 5.77. The van der Waals surface area contributed by atoms with Gasteiger partial charge in [0.2, 0.25) is 11.8 Å². The van der Waals surface area contributed by atoms with E-state index < -0.39 is 5.41 Å². The predicted molar refractivity (Wildman–Crippen MR) is 120 cm³/mol. The molecule has 0 radical (unpaired) electrons. The number of nitrogens with zero attached hydrogens (tertiary/aromatic N) is 1. The van der Waals surface area contributed by atoms with Crippen molar-refractivity contribution < 1.29 is 9.59 Å². The zero-order valence-corrected chi connectivity index (χ0v) is 18.6. The summed E-state index contributed by atoms with van der Waals surface area (Å²) >= 11 is 1.73. The predicted octanol–water partition coefficient (Wildman–Crippen LogP) is 4.89. The minimum absolute atomic E-state index is 0.103. The number of thiophene rings is 1. The molecule has 3 rings (SSSR count). The van der Waals surface area contributed by atoms with Crippen molar-refractivity contribution in [3.63, 3.8) is 0 Å². The summed E-state index contributed by atoms with van der Waals surface area (Å²) in [6, 6.07) is 12.7. The summed E-state index contributed by atoms with van der Waals surface area (Å²) in [4.78, 5) is 28.8. The van der Waals surface area contributed by atoms with Crippen molar-refractivity contribution in [3.05, 3.63) is 47.3 Å². The molecule has 0 saturated carbocycles. The van der Waals surface area contributed by atoms with Gasteiger partial charge in [0, 0.05) is 30.4 Å². The number of hydrogen-bond donors (Lipinski definition) is 1. The van der Waals surface area contributed by atoms with Crippen molar-refractivity contribution in [2.75, 3.05) is 13.1 Å². The first-order chi connectivity index (χ1) is 13.9. The highest BCUT2D eigenvalue weighted by atomic mass is 32.1. The van der Waals surface area contributed by atoms with E-state index in [1.165, 1.54) is 16.0 Å². The van der Waals surface area contributed by atoms with Crippen LogP contribution in [0, 0.1) is 5.41 Å². The van der Waals surface area contributed by atoms with Gasteiger partial charge in [-0.3, -0.25) is 9.59 Å². The molecule has 1 aliphatic heterocycles. The molecule has 0 unspecified atom stereocenters. The standard InChI is InChI=1S/C24H32N2O2S/c1-4-8-22(27)26-14-12-24(13-15-26,23(28)25-18(2)3)17-19-9-5-6-10-20(19)21-11-7-16-29-21/h5-7,9-11,16,18H,4,8,12-15,17H2,1-3H3,(H,25,28). The van der Waals surface area contributed by atoms with Gasteiger partial charge >= 0.3 is 0 Å². The van der Waals surface area contributed by atoms with E-state index in [1.807, 2.05) is 25.7 Å². The average molecular weight is 413 g/mol. The minimum atomic E-state index is -0.472. The smallest absolute Gasteiger partial charge is 0.226 e. The fourth-order valence-corrected chi connectivity index (χ4v) is 4.95. The fourth-order valence-electron chi connectivity index (χ4n) is 4.17. The van der Waals surface area contributed by atoms with Crippen molar-refractivity contribution in [2.24, 2.45) is 5.41 Å². The molecule has 5 heteroatoms. The quantitative estimate of drug-likeness (QED) is 0.704. The molecular weight excluding hydrogens is 380 g/mol. The Kier molecular flexibility index (Phi) is 7.12. The first kappa shape index (κ1) is 21.6. The Morgan fingerprint density at radius 2 is 1.86 bits per heavy atom. The lowest BCUT2D eigenvalue weighted by Crippen LogP contribution is -2.52. The summed E-state index contributed by atoms with van der Waals surface area (Å²) in [5.74, 6) is 0.334. The van der Waals surface area contributed by atoms with Crippen LogP contribution in [0.3, 0.4) is 0 Å². The molecule has 4 nitrogen and oxygen atoms in total. The van der Waals surface area contributed by atoms with Crippen molar-refractivity contribution in [1.82, 2.24) is 10.2 Å². The van der Waals surface area contributed by atoms with Gasteiger partial charge in [0.1, 0.15) is 0 Å². The van der Waals surface area contributed by atoms with Gasteiger partial charge in [0.05, 0.1) is 5.41 Å². The molecule has 1 aromatic heterocycles. The van der Waals surface area contributed by atoms with Gasteiger partial charge < -0.3 is 10.2 Å². The van der Waals surface area contributed by atoms with Crippen LogP contribution in [0.5, 0.6) is 0 Å². The van der Waals surface area contributed by atoms with Gasteiger partial charge in [-0.1, -0.05) is 37.3 Å². The third-order valence-corrected chi connectivity index (χ3v) is 6.67. The Labute approximate surface area is 178 Å². The first-order valence-corrected chi connectivity index (χ1v) is 11.5. The number of piperidine rings is 1. The summed E-state index contributed by atoms with van der Waals surface area (Å²) in [6.07, 6.45) is 3.57. The number of benzene rings is 1. The van der Waals surface area contributed by atoms with Crippen LogP contribution in [0.1, 0.15) is 52.0 Å². The molecule has 2 aromatic rings. The van der Waals surface area contributed by atoms with Crippen LogP contribution in [-0.2, 0) is 16.0 Å². The second kappa shape index (κ2) is 9.57. The highest BCUT2D eigenvalue weighted by Crippen LogP contribution is 2.39. The highest BCUT2D eigenvalue weighted by Gasteiger charge is 2.42. The molecule has 1 fully saturated rings. The fraction of sp³-hybridized carbons (Fsp3) is 0.500. The van der Waals surface area contributed by atoms with Gasteiger partial charge in [0.25, 0.3) is 0 Å². The average Bonchev–Trinajstić information content (AvgIpc) is 3.23. The summed E-state index contributed by atoms with van der Waals surface area (Å²) < 4.78 is 0. The molecule has 0 aliphatic carbocycles. The molecular formula is C24H32N2O2S. The molecule has 156 valence electrons. The number of hydrogen-bond acceptors (Lipinski definition) is 3. The maximum Gasteiger partial charge on any atom is 0.226 e. The molecule has 1 N–H and O–H groups in total. The van der Waals surface area contributed by atoms with Crippen LogP contribution in [-0.4, -0.2) is 35.8 Å². The summed E-state index contributed by atoms with van der Waals surface area (Å²) in [5, 5.41) is 5.25. The normalized spacial score (nSPS) is 16.1. The number of likely N-dealkylation sites (tertiary alicyclic amines) is 1.